The summed E-state index contributed by atoms with van der Waals surface area (Å²) in [6, 6.07) is 16.9. The van der Waals surface area contributed by atoms with Gasteiger partial charge in [0.25, 0.3) is 5.56 Å². The summed E-state index contributed by atoms with van der Waals surface area (Å²) in [5, 5.41) is 0.598. The minimum Gasteiger partial charge on any atom is -0.276 e. The van der Waals surface area contributed by atoms with Gasteiger partial charge in [-0.3, -0.25) is 13.9 Å². The van der Waals surface area contributed by atoms with Crippen LogP contribution in [0.2, 0.25) is 5.02 Å². The number of fused-ring (bicyclic) bond motifs is 1. The standard InChI is InChI=1S/C21H17ClN4O2/c22-17-8-6-16(7-9-17)14-26-20(27)18-19(24-12-11-23-18)25(21(26)28)13-10-15-4-2-1-3-5-15/h1-9,11-12H,10,13-14H2. The maximum atomic E-state index is 13.1. The Kier molecular flexibility index (Phi) is 5.04. The van der Waals surface area contributed by atoms with Gasteiger partial charge in [-0.25, -0.2) is 14.8 Å². The largest absolute Gasteiger partial charge is 0.333 e. The molecule has 7 heteroatoms. The van der Waals surface area contributed by atoms with Gasteiger partial charge in [-0.05, 0) is 29.7 Å². The first-order valence-corrected chi connectivity index (χ1v) is 9.24. The van der Waals surface area contributed by atoms with Gasteiger partial charge in [0, 0.05) is 24.0 Å². The van der Waals surface area contributed by atoms with Gasteiger partial charge in [-0.2, -0.15) is 0 Å². The molecule has 0 saturated carbocycles. The molecule has 28 heavy (non-hydrogen) atoms. The predicted octanol–water partition coefficient (Wildman–Crippen LogP) is 2.90. The molecule has 2 heterocycles. The van der Waals surface area contributed by atoms with Crippen molar-refractivity contribution < 1.29 is 0 Å². The smallest absolute Gasteiger partial charge is 0.276 e. The van der Waals surface area contributed by atoms with Crippen LogP contribution in [0.3, 0.4) is 0 Å². The van der Waals surface area contributed by atoms with E-state index in [1.54, 1.807) is 24.3 Å². The normalized spacial score (nSPS) is 11.0. The Morgan fingerprint density at radius 3 is 2.29 bits per heavy atom. The van der Waals surface area contributed by atoms with Crippen LogP contribution >= 0.6 is 11.6 Å². The average Bonchev–Trinajstić information content (AvgIpc) is 2.73. The fourth-order valence-corrected chi connectivity index (χ4v) is 3.26. The van der Waals surface area contributed by atoms with Crippen LogP contribution in [0.15, 0.2) is 76.6 Å². The number of halogens is 1. The second kappa shape index (κ2) is 7.78. The Morgan fingerprint density at radius 2 is 1.54 bits per heavy atom. The van der Waals surface area contributed by atoms with Crippen molar-refractivity contribution in [2.75, 3.05) is 0 Å². The molecule has 0 spiro atoms. The highest BCUT2D eigenvalue weighted by Gasteiger charge is 2.15. The molecule has 0 atom stereocenters. The van der Waals surface area contributed by atoms with Gasteiger partial charge in [0.05, 0.1) is 6.54 Å². The second-order valence-corrected chi connectivity index (χ2v) is 6.85. The number of nitrogens with zero attached hydrogens (tertiary/aromatic N) is 4. The van der Waals surface area contributed by atoms with Crippen molar-refractivity contribution in [2.24, 2.45) is 0 Å². The first kappa shape index (κ1) is 18.1. The van der Waals surface area contributed by atoms with Gasteiger partial charge in [-0.1, -0.05) is 54.1 Å². The first-order valence-electron chi connectivity index (χ1n) is 8.86. The van der Waals surface area contributed by atoms with Gasteiger partial charge in [0.1, 0.15) is 0 Å². The lowest BCUT2D eigenvalue weighted by molar-refractivity contribution is 0.594. The third kappa shape index (κ3) is 3.59. The SMILES string of the molecule is O=c1c2nccnc2n(CCc2ccccc2)c(=O)n1Cc1ccc(Cl)cc1. The Balaban J connectivity index is 1.80. The highest BCUT2D eigenvalue weighted by atomic mass is 35.5. The Hall–Kier alpha value is -3.25. The molecule has 2 aromatic carbocycles. The molecule has 0 aliphatic heterocycles. The molecule has 0 amide bonds. The lowest BCUT2D eigenvalue weighted by Crippen LogP contribution is -2.41. The van der Waals surface area contributed by atoms with E-state index in [1.807, 2.05) is 30.3 Å². The van der Waals surface area contributed by atoms with Crippen molar-refractivity contribution in [3.05, 3.63) is 104 Å². The van der Waals surface area contributed by atoms with Crippen molar-refractivity contribution in [3.63, 3.8) is 0 Å². The van der Waals surface area contributed by atoms with Crippen LogP contribution < -0.4 is 11.2 Å². The fourth-order valence-electron chi connectivity index (χ4n) is 3.13. The Bertz CT molecular complexity index is 1230. The van der Waals surface area contributed by atoms with E-state index in [0.29, 0.717) is 23.6 Å². The van der Waals surface area contributed by atoms with E-state index in [2.05, 4.69) is 9.97 Å². The van der Waals surface area contributed by atoms with Crippen LogP contribution in [0.25, 0.3) is 11.2 Å². The van der Waals surface area contributed by atoms with Gasteiger partial charge in [0.15, 0.2) is 11.2 Å². The monoisotopic (exact) mass is 392 g/mol. The predicted molar refractivity (Wildman–Crippen MR) is 109 cm³/mol. The third-order valence-electron chi connectivity index (χ3n) is 4.56. The van der Waals surface area contributed by atoms with Crippen molar-refractivity contribution in [2.45, 2.75) is 19.5 Å². The highest BCUT2D eigenvalue weighted by molar-refractivity contribution is 6.30. The zero-order valence-electron chi connectivity index (χ0n) is 15.0. The third-order valence-corrected chi connectivity index (χ3v) is 4.82. The van der Waals surface area contributed by atoms with Gasteiger partial charge in [-0.15, -0.1) is 0 Å². The molecule has 6 nitrogen and oxygen atoms in total. The summed E-state index contributed by atoms with van der Waals surface area (Å²) in [6.07, 6.45) is 3.59. The molecule has 0 saturated heterocycles. The first-order chi connectivity index (χ1) is 13.6. The fraction of sp³-hybridized carbons (Fsp3) is 0.143. The van der Waals surface area contributed by atoms with Gasteiger partial charge in [0.2, 0.25) is 0 Å². The topological polar surface area (TPSA) is 69.8 Å². The molecule has 0 aliphatic rings. The number of hydrogen-bond acceptors (Lipinski definition) is 4. The number of aromatic nitrogens is 4. The van der Waals surface area contributed by atoms with Crippen LogP contribution in [0.5, 0.6) is 0 Å². The molecule has 4 rings (SSSR count). The van der Waals surface area contributed by atoms with E-state index in [-0.39, 0.29) is 12.1 Å². The quantitative estimate of drug-likeness (QED) is 0.523. The van der Waals surface area contributed by atoms with Crippen LogP contribution in [0.4, 0.5) is 0 Å². The van der Waals surface area contributed by atoms with Crippen molar-refractivity contribution >= 4 is 22.8 Å². The molecule has 0 unspecified atom stereocenters. The molecular formula is C21H17ClN4O2. The van der Waals surface area contributed by atoms with E-state index in [4.69, 9.17) is 11.6 Å². The molecular weight excluding hydrogens is 376 g/mol. The minimum atomic E-state index is -0.445. The molecule has 0 bridgehead atoms. The molecule has 2 aromatic heterocycles. The van der Waals surface area contributed by atoms with Crippen molar-refractivity contribution in [1.29, 1.82) is 0 Å². The van der Waals surface area contributed by atoms with E-state index in [9.17, 15) is 9.59 Å². The Morgan fingerprint density at radius 1 is 0.821 bits per heavy atom. The second-order valence-electron chi connectivity index (χ2n) is 6.42. The average molecular weight is 393 g/mol. The molecule has 4 aromatic rings. The van der Waals surface area contributed by atoms with Crippen LogP contribution in [-0.4, -0.2) is 19.1 Å². The summed E-state index contributed by atoms with van der Waals surface area (Å²) >= 11 is 5.93. The van der Waals surface area contributed by atoms with Crippen LogP contribution in [-0.2, 0) is 19.5 Å². The summed E-state index contributed by atoms with van der Waals surface area (Å²) in [5.41, 5.74) is 1.55. The molecule has 140 valence electrons. The molecule has 0 N–H and O–H groups in total. The molecule has 0 radical (unpaired) electrons. The number of rotatable bonds is 5. The lowest BCUT2D eigenvalue weighted by atomic mass is 10.1. The lowest BCUT2D eigenvalue weighted by Gasteiger charge is -2.13. The summed E-state index contributed by atoms with van der Waals surface area (Å²) < 4.78 is 2.72. The zero-order chi connectivity index (χ0) is 19.5. The highest BCUT2D eigenvalue weighted by Crippen LogP contribution is 2.10. The van der Waals surface area contributed by atoms with E-state index >= 15 is 0 Å². The Labute approximate surface area is 165 Å². The summed E-state index contributed by atoms with van der Waals surface area (Å²) in [4.78, 5) is 34.4. The zero-order valence-corrected chi connectivity index (χ0v) is 15.7. The van der Waals surface area contributed by atoms with Gasteiger partial charge < -0.3 is 0 Å². The van der Waals surface area contributed by atoms with Crippen molar-refractivity contribution in [3.8, 4) is 0 Å². The van der Waals surface area contributed by atoms with E-state index in [1.165, 1.54) is 21.5 Å². The molecule has 0 fully saturated rings. The number of hydrogen-bond donors (Lipinski definition) is 0. The van der Waals surface area contributed by atoms with Crippen LogP contribution in [0.1, 0.15) is 11.1 Å². The maximum Gasteiger partial charge on any atom is 0.333 e. The number of benzene rings is 2. The van der Waals surface area contributed by atoms with Gasteiger partial charge >= 0.3 is 5.69 Å². The minimum absolute atomic E-state index is 0.146. The van der Waals surface area contributed by atoms with E-state index in [0.717, 1.165) is 11.1 Å². The maximum absolute atomic E-state index is 13.1. The molecule has 0 aliphatic carbocycles. The van der Waals surface area contributed by atoms with E-state index < -0.39 is 11.2 Å². The summed E-state index contributed by atoms with van der Waals surface area (Å²) in [6.45, 7) is 0.547. The number of aryl methyl sites for hydroxylation is 2. The van der Waals surface area contributed by atoms with Crippen LogP contribution in [0, 0.1) is 0 Å². The summed E-state index contributed by atoms with van der Waals surface area (Å²) in [5.74, 6) is 0. The van der Waals surface area contributed by atoms with Crippen molar-refractivity contribution in [1.82, 2.24) is 19.1 Å². The summed E-state index contributed by atoms with van der Waals surface area (Å²) in [7, 11) is 0.